The number of amides is 1. The van der Waals surface area contributed by atoms with Gasteiger partial charge in [-0.1, -0.05) is 44.2 Å². The number of rotatable bonds is 8. The lowest BCUT2D eigenvalue weighted by Gasteiger charge is -2.46. The van der Waals surface area contributed by atoms with Gasteiger partial charge in [-0.3, -0.25) is 14.6 Å². The number of carbonyl (C=O) groups is 1. The summed E-state index contributed by atoms with van der Waals surface area (Å²) in [6.45, 7) is 2.56. The van der Waals surface area contributed by atoms with Crippen LogP contribution in [0.5, 0.6) is 0 Å². The van der Waals surface area contributed by atoms with Crippen molar-refractivity contribution in [1.29, 1.82) is 5.26 Å². The predicted octanol–water partition coefficient (Wildman–Crippen LogP) is 2.33. The number of carbonyl (C=O) groups excluding carboxylic acids is 1. The van der Waals surface area contributed by atoms with Crippen LogP contribution in [0.25, 0.3) is 0 Å². The number of aromatic amines is 1. The fourth-order valence-corrected chi connectivity index (χ4v) is 5.41. The normalized spacial score (nSPS) is 21.2. The third kappa shape index (κ3) is 5.44. The summed E-state index contributed by atoms with van der Waals surface area (Å²) in [5, 5.41) is 20.4. The predicted molar refractivity (Wildman–Crippen MR) is 125 cm³/mol. The van der Waals surface area contributed by atoms with Crippen molar-refractivity contribution in [3.8, 4) is 6.07 Å². The molecule has 33 heavy (non-hydrogen) atoms. The summed E-state index contributed by atoms with van der Waals surface area (Å²) >= 11 is 0. The fourth-order valence-electron chi connectivity index (χ4n) is 5.41. The number of imidazole rings is 1. The first-order valence-corrected chi connectivity index (χ1v) is 12.0. The van der Waals surface area contributed by atoms with Crippen molar-refractivity contribution in [1.82, 2.24) is 19.8 Å². The Morgan fingerprint density at radius 1 is 1.21 bits per heavy atom. The summed E-state index contributed by atoms with van der Waals surface area (Å²) < 4.78 is 0. The van der Waals surface area contributed by atoms with E-state index in [-0.39, 0.29) is 6.04 Å². The average Bonchev–Trinajstić information content (AvgIpc) is 3.38. The number of nitrogens with one attached hydrogen (secondary N) is 1. The number of nitriles is 1. The minimum absolute atomic E-state index is 0.0857. The zero-order chi connectivity index (χ0) is 23.3. The molecule has 8 nitrogen and oxygen atoms in total. The second kappa shape index (κ2) is 10.5. The van der Waals surface area contributed by atoms with Gasteiger partial charge in [-0.05, 0) is 30.0 Å². The first-order chi connectivity index (χ1) is 16.0. The summed E-state index contributed by atoms with van der Waals surface area (Å²) in [6, 6.07) is 9.92. The van der Waals surface area contributed by atoms with Gasteiger partial charge in [0.25, 0.3) is 5.91 Å². The second-order valence-corrected chi connectivity index (χ2v) is 9.45. The molecule has 4 rings (SSSR count). The highest BCUT2D eigenvalue weighted by Gasteiger charge is 2.44. The lowest BCUT2D eigenvalue weighted by Crippen LogP contribution is -2.63. The van der Waals surface area contributed by atoms with Crippen LogP contribution in [0.1, 0.15) is 61.4 Å². The average molecular weight is 451 g/mol. The minimum Gasteiger partial charge on any atom is -0.367 e. The number of nitrogens with two attached hydrogens (primary N) is 1. The second-order valence-electron chi connectivity index (χ2n) is 9.45. The molecule has 4 N–H and O–H groups in total. The quantitative estimate of drug-likeness (QED) is 0.567. The van der Waals surface area contributed by atoms with E-state index < -0.39 is 11.6 Å². The zero-order valence-electron chi connectivity index (χ0n) is 19.1. The molecule has 8 heteroatoms. The van der Waals surface area contributed by atoms with E-state index in [1.807, 2.05) is 35.4 Å². The monoisotopic (exact) mass is 450 g/mol. The number of aliphatic hydroxyl groups is 1. The molecule has 1 saturated heterocycles. The molecule has 2 unspecified atom stereocenters. The fraction of sp³-hybridized carbons (Fsp3) is 0.560. The van der Waals surface area contributed by atoms with Gasteiger partial charge in [-0.25, -0.2) is 4.98 Å². The molecule has 1 saturated carbocycles. The topological polar surface area (TPSA) is 122 Å². The van der Waals surface area contributed by atoms with Crippen LogP contribution < -0.4 is 5.73 Å². The summed E-state index contributed by atoms with van der Waals surface area (Å²) in [4.78, 5) is 24.1. The van der Waals surface area contributed by atoms with Crippen LogP contribution in [-0.2, 0) is 11.2 Å². The Morgan fingerprint density at radius 3 is 2.48 bits per heavy atom. The summed E-state index contributed by atoms with van der Waals surface area (Å²) in [5.41, 5.74) is 6.97. The van der Waals surface area contributed by atoms with E-state index in [0.717, 1.165) is 43.4 Å². The first kappa shape index (κ1) is 23.4. The Kier molecular flexibility index (Phi) is 7.43. The molecule has 2 heterocycles. The van der Waals surface area contributed by atoms with Crippen LogP contribution in [0.2, 0.25) is 0 Å². The molecular formula is C25H34N6O2. The van der Waals surface area contributed by atoms with Crippen LogP contribution in [0.4, 0.5) is 0 Å². The molecule has 1 aliphatic carbocycles. The Labute approximate surface area is 195 Å². The van der Waals surface area contributed by atoms with Crippen molar-refractivity contribution in [3.63, 3.8) is 0 Å². The van der Waals surface area contributed by atoms with Gasteiger partial charge in [0.05, 0.1) is 29.7 Å². The minimum atomic E-state index is -1.58. The maximum atomic E-state index is 12.4. The first-order valence-electron chi connectivity index (χ1n) is 12.0. The summed E-state index contributed by atoms with van der Waals surface area (Å²) in [5.74, 6) is -0.285. The molecule has 1 aromatic heterocycles. The third-order valence-electron chi connectivity index (χ3n) is 7.36. The third-order valence-corrected chi connectivity index (χ3v) is 7.36. The molecule has 1 amide bonds. The zero-order valence-corrected chi connectivity index (χ0v) is 19.1. The van der Waals surface area contributed by atoms with Gasteiger partial charge in [0.15, 0.2) is 5.72 Å². The smallest absolute Gasteiger partial charge is 0.264 e. The van der Waals surface area contributed by atoms with E-state index in [4.69, 9.17) is 11.0 Å². The van der Waals surface area contributed by atoms with Crippen LogP contribution in [0, 0.1) is 17.2 Å². The largest absolute Gasteiger partial charge is 0.367 e. The molecule has 0 radical (unpaired) electrons. The van der Waals surface area contributed by atoms with Gasteiger partial charge in [-0.2, -0.15) is 5.26 Å². The SMILES string of the molecule is N#Cc1ccc(CC(c2cnc[nH]2)N2CCN(C(O)(CC3CCCCC3)C(N)=O)CC2)cc1. The standard InChI is InChI=1S/C25H34N6O2/c26-16-21-8-6-19(7-9-21)14-23(22-17-28-18-29-22)30-10-12-31(13-11-30)25(33,24(27)32)15-20-4-2-1-3-5-20/h6-9,17-18,20,23,33H,1-5,10-15H2,(H2,27,32)(H,28,29). The van der Waals surface area contributed by atoms with Gasteiger partial charge < -0.3 is 15.8 Å². The number of benzene rings is 1. The molecule has 1 aromatic carbocycles. The van der Waals surface area contributed by atoms with E-state index in [9.17, 15) is 9.90 Å². The van der Waals surface area contributed by atoms with Gasteiger partial charge >= 0.3 is 0 Å². The lowest BCUT2D eigenvalue weighted by molar-refractivity contribution is -0.171. The van der Waals surface area contributed by atoms with E-state index >= 15 is 0 Å². The van der Waals surface area contributed by atoms with Crippen molar-refractivity contribution in [2.24, 2.45) is 11.7 Å². The van der Waals surface area contributed by atoms with Crippen molar-refractivity contribution in [2.45, 2.75) is 56.7 Å². The van der Waals surface area contributed by atoms with Crippen LogP contribution >= 0.6 is 0 Å². The van der Waals surface area contributed by atoms with E-state index in [2.05, 4.69) is 20.9 Å². The molecule has 2 fully saturated rings. The molecule has 176 valence electrons. The maximum Gasteiger partial charge on any atom is 0.264 e. The number of primary amides is 1. The molecular weight excluding hydrogens is 416 g/mol. The number of aromatic nitrogens is 2. The van der Waals surface area contributed by atoms with Crippen molar-refractivity contribution in [2.75, 3.05) is 26.2 Å². The molecule has 0 spiro atoms. The Morgan fingerprint density at radius 2 is 1.91 bits per heavy atom. The Balaban J connectivity index is 1.44. The number of hydrogen-bond acceptors (Lipinski definition) is 6. The highest BCUT2D eigenvalue weighted by Crippen LogP contribution is 2.34. The van der Waals surface area contributed by atoms with Crippen LogP contribution in [-0.4, -0.2) is 62.7 Å². The number of piperazine rings is 1. The Hall–Kier alpha value is -2.73. The van der Waals surface area contributed by atoms with Crippen molar-refractivity contribution < 1.29 is 9.90 Å². The highest BCUT2D eigenvalue weighted by atomic mass is 16.3. The van der Waals surface area contributed by atoms with E-state index in [1.165, 1.54) is 6.42 Å². The van der Waals surface area contributed by atoms with Crippen LogP contribution in [0.3, 0.4) is 0 Å². The lowest BCUT2D eigenvalue weighted by atomic mass is 9.82. The van der Waals surface area contributed by atoms with Crippen LogP contribution in [0.15, 0.2) is 36.8 Å². The summed E-state index contributed by atoms with van der Waals surface area (Å²) in [7, 11) is 0. The molecule has 2 atom stereocenters. The molecule has 1 aliphatic heterocycles. The van der Waals surface area contributed by atoms with Gasteiger partial charge in [-0.15, -0.1) is 0 Å². The molecule has 2 aromatic rings. The maximum absolute atomic E-state index is 12.4. The Bertz CT molecular complexity index is 940. The number of nitrogens with zero attached hydrogens (tertiary/aromatic N) is 4. The number of H-pyrrole nitrogens is 1. The molecule has 2 aliphatic rings. The number of hydrogen-bond donors (Lipinski definition) is 3. The van der Waals surface area contributed by atoms with E-state index in [1.54, 1.807) is 6.33 Å². The summed E-state index contributed by atoms with van der Waals surface area (Å²) in [6.07, 6.45) is 10.4. The van der Waals surface area contributed by atoms with Gasteiger partial charge in [0.2, 0.25) is 0 Å². The highest BCUT2D eigenvalue weighted by molar-refractivity contribution is 5.82. The molecule has 0 bridgehead atoms. The van der Waals surface area contributed by atoms with Gasteiger partial charge in [0.1, 0.15) is 0 Å². The van der Waals surface area contributed by atoms with Gasteiger partial charge in [0, 0.05) is 38.8 Å². The van der Waals surface area contributed by atoms with Crippen molar-refractivity contribution >= 4 is 5.91 Å². The van der Waals surface area contributed by atoms with Crippen molar-refractivity contribution in [3.05, 3.63) is 53.6 Å². The van der Waals surface area contributed by atoms with E-state index in [0.29, 0.717) is 44.1 Å².